The molecule has 1 fully saturated rings. The van der Waals surface area contributed by atoms with E-state index in [4.69, 9.17) is 10.5 Å². The number of hydrogen-bond acceptors (Lipinski definition) is 4. The molecule has 0 aromatic heterocycles. The second-order valence-electron chi connectivity index (χ2n) is 4.74. The second-order valence-corrected chi connectivity index (χ2v) is 5.89. The van der Waals surface area contributed by atoms with Gasteiger partial charge in [-0.2, -0.15) is 11.8 Å². The quantitative estimate of drug-likeness (QED) is 0.905. The van der Waals surface area contributed by atoms with E-state index in [1.54, 1.807) is 7.11 Å². The molecular formula is C14H22N2OS. The van der Waals surface area contributed by atoms with Crippen LogP contribution in [0.25, 0.3) is 0 Å². The van der Waals surface area contributed by atoms with Gasteiger partial charge in [0.15, 0.2) is 0 Å². The molecule has 0 bridgehead atoms. The largest absolute Gasteiger partial charge is 0.496 e. The van der Waals surface area contributed by atoms with Crippen molar-refractivity contribution in [2.75, 3.05) is 25.2 Å². The summed E-state index contributed by atoms with van der Waals surface area (Å²) in [4.78, 5) is 2.54. The molecule has 2 rings (SSSR count). The maximum atomic E-state index is 5.69. The van der Waals surface area contributed by atoms with Gasteiger partial charge < -0.3 is 10.5 Å². The average molecular weight is 266 g/mol. The molecule has 0 saturated carbocycles. The van der Waals surface area contributed by atoms with Crippen LogP contribution in [-0.2, 0) is 13.1 Å². The first-order valence-corrected chi connectivity index (χ1v) is 7.57. The highest BCUT2D eigenvalue weighted by Crippen LogP contribution is 2.23. The fourth-order valence-electron chi connectivity index (χ4n) is 2.29. The van der Waals surface area contributed by atoms with Gasteiger partial charge in [-0.1, -0.05) is 12.1 Å². The third-order valence-corrected chi connectivity index (χ3v) is 4.65. The minimum absolute atomic E-state index is 0.528. The number of nitrogens with zero attached hydrogens (tertiary/aromatic N) is 1. The molecular weight excluding hydrogens is 244 g/mol. The highest BCUT2D eigenvalue weighted by molar-refractivity contribution is 7.99. The van der Waals surface area contributed by atoms with Gasteiger partial charge in [0.05, 0.1) is 7.11 Å². The van der Waals surface area contributed by atoms with E-state index < -0.39 is 0 Å². The molecule has 1 atom stereocenters. The van der Waals surface area contributed by atoms with Gasteiger partial charge in [0, 0.05) is 42.7 Å². The average Bonchev–Trinajstić information content (AvgIpc) is 2.41. The van der Waals surface area contributed by atoms with Crippen LogP contribution in [0.2, 0.25) is 0 Å². The molecule has 1 aliphatic heterocycles. The summed E-state index contributed by atoms with van der Waals surface area (Å²) in [5.74, 6) is 3.38. The first-order chi connectivity index (χ1) is 8.74. The van der Waals surface area contributed by atoms with Gasteiger partial charge >= 0.3 is 0 Å². The molecule has 0 radical (unpaired) electrons. The highest BCUT2D eigenvalue weighted by atomic mass is 32.2. The Bertz CT molecular complexity index is 397. The summed E-state index contributed by atoms with van der Waals surface area (Å²) in [6, 6.07) is 7.02. The highest BCUT2D eigenvalue weighted by Gasteiger charge is 2.18. The van der Waals surface area contributed by atoms with Crippen molar-refractivity contribution in [3.63, 3.8) is 0 Å². The predicted octanol–water partition coefficient (Wildman–Crippen LogP) is 2.09. The number of hydrogen-bond donors (Lipinski definition) is 1. The Morgan fingerprint density at radius 1 is 1.50 bits per heavy atom. The maximum Gasteiger partial charge on any atom is 0.123 e. The number of methoxy groups -OCH3 is 1. The predicted molar refractivity (Wildman–Crippen MR) is 78.1 cm³/mol. The molecule has 18 heavy (non-hydrogen) atoms. The third kappa shape index (κ3) is 3.19. The van der Waals surface area contributed by atoms with Gasteiger partial charge in [-0.05, 0) is 18.6 Å². The molecule has 0 amide bonds. The van der Waals surface area contributed by atoms with Crippen molar-refractivity contribution in [1.82, 2.24) is 4.90 Å². The van der Waals surface area contributed by atoms with Crippen LogP contribution in [0.15, 0.2) is 18.2 Å². The Morgan fingerprint density at radius 3 is 3.00 bits per heavy atom. The van der Waals surface area contributed by atoms with Crippen molar-refractivity contribution < 1.29 is 4.74 Å². The van der Waals surface area contributed by atoms with E-state index in [1.165, 1.54) is 23.6 Å². The van der Waals surface area contributed by atoms with Gasteiger partial charge in [0.1, 0.15) is 5.75 Å². The molecule has 1 unspecified atom stereocenters. The van der Waals surface area contributed by atoms with E-state index in [0.29, 0.717) is 12.6 Å². The summed E-state index contributed by atoms with van der Waals surface area (Å²) in [6.45, 7) is 5.01. The van der Waals surface area contributed by atoms with Crippen LogP contribution in [0, 0.1) is 0 Å². The Balaban J connectivity index is 2.08. The summed E-state index contributed by atoms with van der Waals surface area (Å²) in [5, 5.41) is 0. The minimum atomic E-state index is 0.528. The van der Waals surface area contributed by atoms with Crippen molar-refractivity contribution in [3.05, 3.63) is 29.3 Å². The molecule has 100 valence electrons. The van der Waals surface area contributed by atoms with Crippen LogP contribution in [0.3, 0.4) is 0 Å². The third-order valence-electron chi connectivity index (χ3n) is 3.46. The Hall–Kier alpha value is -0.710. The van der Waals surface area contributed by atoms with Crippen LogP contribution in [0.1, 0.15) is 18.1 Å². The van der Waals surface area contributed by atoms with Gasteiger partial charge in [-0.25, -0.2) is 0 Å². The maximum absolute atomic E-state index is 5.69. The summed E-state index contributed by atoms with van der Waals surface area (Å²) >= 11 is 2.05. The number of ether oxygens (including phenoxy) is 1. The summed E-state index contributed by atoms with van der Waals surface area (Å²) < 4.78 is 5.39. The van der Waals surface area contributed by atoms with Crippen molar-refractivity contribution >= 4 is 11.8 Å². The fourth-order valence-corrected chi connectivity index (χ4v) is 3.37. The number of rotatable bonds is 4. The fraction of sp³-hybridized carbons (Fsp3) is 0.571. The Morgan fingerprint density at radius 2 is 2.33 bits per heavy atom. The molecule has 4 heteroatoms. The van der Waals surface area contributed by atoms with E-state index in [1.807, 2.05) is 11.8 Å². The van der Waals surface area contributed by atoms with E-state index in [2.05, 4.69) is 30.0 Å². The Kier molecular flexibility index (Phi) is 4.92. The van der Waals surface area contributed by atoms with Crippen molar-refractivity contribution in [1.29, 1.82) is 0 Å². The lowest BCUT2D eigenvalue weighted by molar-refractivity contribution is 0.223. The molecule has 1 saturated heterocycles. The summed E-state index contributed by atoms with van der Waals surface area (Å²) in [6.07, 6.45) is 0. The van der Waals surface area contributed by atoms with Crippen molar-refractivity contribution in [2.45, 2.75) is 26.1 Å². The molecule has 1 aromatic rings. The zero-order valence-electron chi connectivity index (χ0n) is 11.2. The van der Waals surface area contributed by atoms with Crippen LogP contribution in [0.5, 0.6) is 5.75 Å². The Labute approximate surface area is 114 Å². The van der Waals surface area contributed by atoms with Gasteiger partial charge in [-0.3, -0.25) is 4.90 Å². The van der Waals surface area contributed by atoms with E-state index in [9.17, 15) is 0 Å². The van der Waals surface area contributed by atoms with Crippen LogP contribution >= 0.6 is 11.8 Å². The summed E-state index contributed by atoms with van der Waals surface area (Å²) in [5.41, 5.74) is 8.07. The number of thioether (sulfide) groups is 1. The monoisotopic (exact) mass is 266 g/mol. The molecule has 1 aromatic carbocycles. The topological polar surface area (TPSA) is 38.5 Å². The van der Waals surface area contributed by atoms with E-state index in [-0.39, 0.29) is 0 Å². The van der Waals surface area contributed by atoms with Crippen molar-refractivity contribution in [3.8, 4) is 5.75 Å². The van der Waals surface area contributed by atoms with Gasteiger partial charge in [-0.15, -0.1) is 0 Å². The standard InChI is InChI=1S/C14H22N2OS/c1-11-10-18-6-5-16(11)9-12-3-4-13(8-15)14(7-12)17-2/h3-4,7,11H,5-6,8-10,15H2,1-2H3. The van der Waals surface area contributed by atoms with Gasteiger partial charge in [0.25, 0.3) is 0 Å². The smallest absolute Gasteiger partial charge is 0.123 e. The SMILES string of the molecule is COc1cc(CN2CCSCC2C)ccc1CN. The first-order valence-electron chi connectivity index (χ1n) is 6.42. The molecule has 2 N–H and O–H groups in total. The molecule has 0 spiro atoms. The van der Waals surface area contributed by atoms with Crippen LogP contribution < -0.4 is 10.5 Å². The molecule has 0 aliphatic carbocycles. The van der Waals surface area contributed by atoms with Crippen LogP contribution in [0.4, 0.5) is 0 Å². The zero-order chi connectivity index (χ0) is 13.0. The molecule has 3 nitrogen and oxygen atoms in total. The van der Waals surface area contributed by atoms with Gasteiger partial charge in [0.2, 0.25) is 0 Å². The lowest BCUT2D eigenvalue weighted by Gasteiger charge is -2.33. The first kappa shape index (κ1) is 13.7. The molecule has 1 aliphatic rings. The normalized spacial score (nSPS) is 20.9. The zero-order valence-corrected chi connectivity index (χ0v) is 12.0. The van der Waals surface area contributed by atoms with E-state index in [0.717, 1.165) is 17.9 Å². The summed E-state index contributed by atoms with van der Waals surface area (Å²) in [7, 11) is 1.71. The van der Waals surface area contributed by atoms with E-state index >= 15 is 0 Å². The van der Waals surface area contributed by atoms with Crippen molar-refractivity contribution in [2.24, 2.45) is 5.73 Å². The lowest BCUT2D eigenvalue weighted by atomic mass is 10.1. The van der Waals surface area contributed by atoms with Crippen LogP contribution in [-0.4, -0.2) is 36.1 Å². The molecule has 1 heterocycles. The lowest BCUT2D eigenvalue weighted by Crippen LogP contribution is -2.39. The second kappa shape index (κ2) is 6.45. The number of nitrogens with two attached hydrogens (primary N) is 1. The minimum Gasteiger partial charge on any atom is -0.496 e. The number of benzene rings is 1.